The average molecular weight is 325 g/mol. The lowest BCUT2D eigenvalue weighted by Gasteiger charge is -2.14. The van der Waals surface area contributed by atoms with Crippen LogP contribution in [0.15, 0.2) is 35.1 Å². The summed E-state index contributed by atoms with van der Waals surface area (Å²) in [6.45, 7) is 1.92. The highest BCUT2D eigenvalue weighted by molar-refractivity contribution is 9.10. The fourth-order valence-electron chi connectivity index (χ4n) is 1.71. The summed E-state index contributed by atoms with van der Waals surface area (Å²) >= 11 is 3.17. The van der Waals surface area contributed by atoms with Gasteiger partial charge in [0, 0.05) is 12.4 Å². The molecule has 1 atom stereocenters. The van der Waals surface area contributed by atoms with Crippen LogP contribution in [0.3, 0.4) is 0 Å². The third-order valence-electron chi connectivity index (χ3n) is 2.74. The van der Waals surface area contributed by atoms with Crippen molar-refractivity contribution >= 4 is 15.9 Å². The smallest absolute Gasteiger partial charge is 0.146 e. The maximum absolute atomic E-state index is 13.2. The van der Waals surface area contributed by atoms with Crippen LogP contribution in [0.2, 0.25) is 0 Å². The molecule has 2 rings (SSSR count). The number of aryl methyl sites for hydroxylation is 1. The maximum Gasteiger partial charge on any atom is 0.146 e. The van der Waals surface area contributed by atoms with Gasteiger partial charge in [0.25, 0.3) is 0 Å². The highest BCUT2D eigenvalue weighted by atomic mass is 79.9. The summed E-state index contributed by atoms with van der Waals surface area (Å²) < 4.78 is 13.6. The van der Waals surface area contributed by atoms with Gasteiger partial charge in [-0.05, 0) is 52.5 Å². The second-order valence-electron chi connectivity index (χ2n) is 4.29. The van der Waals surface area contributed by atoms with E-state index in [2.05, 4.69) is 31.3 Å². The minimum Gasteiger partial charge on any atom is -0.271 e. The molecule has 19 heavy (non-hydrogen) atoms. The Morgan fingerprint density at radius 1 is 1.37 bits per heavy atom. The second-order valence-corrected chi connectivity index (χ2v) is 5.14. The molecule has 0 spiro atoms. The zero-order chi connectivity index (χ0) is 13.8. The first-order chi connectivity index (χ1) is 9.10. The van der Waals surface area contributed by atoms with Crippen LogP contribution in [0.1, 0.15) is 23.0 Å². The predicted molar refractivity (Wildman–Crippen MR) is 74.6 cm³/mol. The zero-order valence-corrected chi connectivity index (χ0v) is 12.0. The van der Waals surface area contributed by atoms with Crippen molar-refractivity contribution in [3.63, 3.8) is 0 Å². The molecule has 1 unspecified atom stereocenters. The largest absolute Gasteiger partial charge is 0.271 e. The molecule has 4 nitrogen and oxygen atoms in total. The molecule has 0 aliphatic carbocycles. The number of hydrazine groups is 1. The summed E-state index contributed by atoms with van der Waals surface area (Å²) in [5, 5.41) is 0. The number of hydrogen-bond acceptors (Lipinski definition) is 4. The van der Waals surface area contributed by atoms with E-state index in [1.807, 2.05) is 6.92 Å². The molecule has 0 aliphatic heterocycles. The minimum absolute atomic E-state index is 0.210. The molecule has 0 saturated heterocycles. The lowest BCUT2D eigenvalue weighted by molar-refractivity contribution is 0.521. The molecule has 1 aromatic carbocycles. The fraction of sp³-hybridized carbons (Fsp3) is 0.231. The van der Waals surface area contributed by atoms with Crippen molar-refractivity contribution in [3.05, 3.63) is 57.8 Å². The summed E-state index contributed by atoms with van der Waals surface area (Å²) in [4.78, 5) is 8.49. The normalized spacial score (nSPS) is 12.4. The van der Waals surface area contributed by atoms with Crippen LogP contribution in [-0.2, 0) is 6.42 Å². The Morgan fingerprint density at radius 3 is 2.63 bits per heavy atom. The van der Waals surface area contributed by atoms with Crippen LogP contribution >= 0.6 is 15.9 Å². The first-order valence-corrected chi connectivity index (χ1v) is 6.58. The summed E-state index contributed by atoms with van der Waals surface area (Å²) in [6, 6.07) is 4.66. The van der Waals surface area contributed by atoms with Crippen molar-refractivity contribution in [1.82, 2.24) is 15.4 Å². The van der Waals surface area contributed by atoms with E-state index >= 15 is 0 Å². The third-order valence-corrected chi connectivity index (χ3v) is 3.35. The zero-order valence-electron chi connectivity index (χ0n) is 10.4. The Hall–Kier alpha value is -1.37. The van der Waals surface area contributed by atoms with Gasteiger partial charge in [0.1, 0.15) is 11.6 Å². The van der Waals surface area contributed by atoms with Gasteiger partial charge in [-0.15, -0.1) is 0 Å². The van der Waals surface area contributed by atoms with E-state index in [0.29, 0.717) is 16.7 Å². The second kappa shape index (κ2) is 6.18. The monoisotopic (exact) mass is 324 g/mol. The molecule has 3 N–H and O–H groups in total. The summed E-state index contributed by atoms with van der Waals surface area (Å²) in [5.41, 5.74) is 4.62. The van der Waals surface area contributed by atoms with Crippen LogP contribution in [-0.4, -0.2) is 9.97 Å². The van der Waals surface area contributed by atoms with Crippen molar-refractivity contribution in [3.8, 4) is 0 Å². The van der Waals surface area contributed by atoms with Crippen LogP contribution in [0, 0.1) is 12.7 Å². The van der Waals surface area contributed by atoms with Gasteiger partial charge in [-0.25, -0.2) is 19.8 Å². The molecule has 0 aliphatic rings. The van der Waals surface area contributed by atoms with Crippen molar-refractivity contribution in [2.45, 2.75) is 19.4 Å². The molecule has 1 heterocycles. The summed E-state index contributed by atoms with van der Waals surface area (Å²) in [5.74, 6) is 5.88. The fourth-order valence-corrected chi connectivity index (χ4v) is 2.14. The number of nitrogens with one attached hydrogen (secondary N) is 1. The molecule has 0 bridgehead atoms. The number of benzene rings is 1. The van der Waals surface area contributed by atoms with Gasteiger partial charge < -0.3 is 0 Å². The highest BCUT2D eigenvalue weighted by Gasteiger charge is 2.14. The SMILES string of the molecule is Cc1cnc(C(Cc2ccc(F)c(Br)c2)NN)nc1. The van der Waals surface area contributed by atoms with E-state index in [1.54, 1.807) is 24.5 Å². The number of nitrogens with two attached hydrogens (primary N) is 1. The molecule has 6 heteroatoms. The molecule has 2 aromatic rings. The molecule has 0 amide bonds. The van der Waals surface area contributed by atoms with E-state index in [1.165, 1.54) is 6.07 Å². The van der Waals surface area contributed by atoms with Crippen LogP contribution in [0.4, 0.5) is 4.39 Å². The van der Waals surface area contributed by atoms with Crippen LogP contribution in [0.5, 0.6) is 0 Å². The Labute approximate surface area is 119 Å². The van der Waals surface area contributed by atoms with Gasteiger partial charge >= 0.3 is 0 Å². The quantitative estimate of drug-likeness (QED) is 0.669. The van der Waals surface area contributed by atoms with Crippen molar-refractivity contribution < 1.29 is 4.39 Å². The van der Waals surface area contributed by atoms with Gasteiger partial charge in [-0.2, -0.15) is 0 Å². The predicted octanol–water partition coefficient (Wildman–Crippen LogP) is 2.43. The first-order valence-electron chi connectivity index (χ1n) is 5.78. The molecule has 0 fully saturated rings. The van der Waals surface area contributed by atoms with E-state index in [9.17, 15) is 4.39 Å². The van der Waals surface area contributed by atoms with E-state index in [-0.39, 0.29) is 11.9 Å². The molecule has 100 valence electrons. The van der Waals surface area contributed by atoms with Gasteiger partial charge in [-0.1, -0.05) is 6.07 Å². The maximum atomic E-state index is 13.2. The van der Waals surface area contributed by atoms with Gasteiger partial charge in [-0.3, -0.25) is 5.84 Å². The van der Waals surface area contributed by atoms with E-state index in [0.717, 1.165) is 11.1 Å². The Bertz CT molecular complexity index is 559. The summed E-state index contributed by atoms with van der Waals surface area (Å²) in [7, 11) is 0. The number of aromatic nitrogens is 2. The standard InChI is InChI=1S/C13H14BrFN4/c1-8-6-17-13(18-7-8)12(19-16)5-9-2-3-11(15)10(14)4-9/h2-4,6-7,12,19H,5,16H2,1H3. The Morgan fingerprint density at radius 2 is 2.05 bits per heavy atom. The topological polar surface area (TPSA) is 63.8 Å². The molecule has 0 saturated carbocycles. The number of hydrogen-bond donors (Lipinski definition) is 2. The average Bonchev–Trinajstić information content (AvgIpc) is 2.41. The van der Waals surface area contributed by atoms with Crippen molar-refractivity contribution in [2.24, 2.45) is 5.84 Å². The Kier molecular flexibility index (Phi) is 4.57. The molecule has 1 aromatic heterocycles. The number of halogens is 2. The van der Waals surface area contributed by atoms with E-state index in [4.69, 9.17) is 5.84 Å². The molecular weight excluding hydrogens is 311 g/mol. The van der Waals surface area contributed by atoms with Crippen LogP contribution < -0.4 is 11.3 Å². The van der Waals surface area contributed by atoms with Crippen molar-refractivity contribution in [2.75, 3.05) is 0 Å². The van der Waals surface area contributed by atoms with Crippen LogP contribution in [0.25, 0.3) is 0 Å². The number of rotatable bonds is 4. The highest BCUT2D eigenvalue weighted by Crippen LogP contribution is 2.20. The minimum atomic E-state index is -0.285. The van der Waals surface area contributed by atoms with Gasteiger partial charge in [0.2, 0.25) is 0 Å². The van der Waals surface area contributed by atoms with Gasteiger partial charge in [0.15, 0.2) is 0 Å². The molecular formula is C13H14BrFN4. The molecule has 0 radical (unpaired) electrons. The first kappa shape index (κ1) is 14.0. The van der Waals surface area contributed by atoms with Crippen molar-refractivity contribution in [1.29, 1.82) is 0 Å². The third kappa shape index (κ3) is 3.56. The lowest BCUT2D eigenvalue weighted by atomic mass is 10.1. The lowest BCUT2D eigenvalue weighted by Crippen LogP contribution is -2.31. The number of nitrogens with zero attached hydrogens (tertiary/aromatic N) is 2. The van der Waals surface area contributed by atoms with Gasteiger partial charge in [0.05, 0.1) is 10.5 Å². The summed E-state index contributed by atoms with van der Waals surface area (Å²) in [6.07, 6.45) is 4.07. The van der Waals surface area contributed by atoms with E-state index < -0.39 is 0 Å². The Balaban J connectivity index is 2.18.